The molecule has 0 spiro atoms. The van der Waals surface area contributed by atoms with Crippen molar-refractivity contribution in [2.45, 2.75) is 13.5 Å². The third-order valence-corrected chi connectivity index (χ3v) is 4.59. The van der Waals surface area contributed by atoms with Gasteiger partial charge < -0.3 is 4.90 Å². The van der Waals surface area contributed by atoms with Gasteiger partial charge in [0.15, 0.2) is 5.82 Å². The monoisotopic (exact) mass is 351 g/mol. The molecule has 2 aromatic heterocycles. The van der Waals surface area contributed by atoms with Crippen molar-refractivity contribution in [1.29, 1.82) is 0 Å². The van der Waals surface area contributed by atoms with Crippen LogP contribution in [0.4, 0.5) is 10.1 Å². The summed E-state index contributed by atoms with van der Waals surface area (Å²) in [5.41, 5.74) is 2.57. The molecule has 0 amide bonds. The Hall–Kier alpha value is -3.22. The maximum absolute atomic E-state index is 13.1. The summed E-state index contributed by atoms with van der Waals surface area (Å²) in [5, 5.41) is 9.12. The molecule has 2 heterocycles. The second-order valence-corrected chi connectivity index (χ2v) is 6.47. The third kappa shape index (κ3) is 2.52. The molecule has 0 saturated heterocycles. The first-order valence-corrected chi connectivity index (χ1v) is 8.26. The fraction of sp³-hybridized carbons (Fsp3) is 0.211. The summed E-state index contributed by atoms with van der Waals surface area (Å²) < 4.78 is 16.6. The van der Waals surface area contributed by atoms with E-state index in [1.54, 1.807) is 19.2 Å². The van der Waals surface area contributed by atoms with Gasteiger partial charge in [-0.1, -0.05) is 11.6 Å². The lowest BCUT2D eigenvalue weighted by Crippen LogP contribution is -2.22. The Morgan fingerprint density at radius 3 is 2.58 bits per heavy atom. The summed E-state index contributed by atoms with van der Waals surface area (Å²) in [6, 6.07) is 12.1. The fourth-order valence-corrected chi connectivity index (χ4v) is 3.16. The number of hydrogen-bond acceptors (Lipinski definition) is 4. The van der Waals surface area contributed by atoms with Crippen molar-refractivity contribution in [3.8, 4) is 0 Å². The Morgan fingerprint density at radius 2 is 1.85 bits per heavy atom. The van der Waals surface area contributed by atoms with Crippen LogP contribution in [0.25, 0.3) is 16.7 Å². The maximum Gasteiger partial charge on any atom is 0.262 e. The standard InChI is InChI=1S/C19H18FN5O/c1-12-4-9-16-15(10-12)18(26)24(3)19-22-21-17(25(16)19)11-23(2)14-7-5-13(20)6-8-14/h4-10H,11H2,1-3H3. The predicted octanol–water partition coefficient (Wildman–Crippen LogP) is 2.67. The quantitative estimate of drug-likeness (QED) is 0.569. The molecule has 4 rings (SSSR count). The van der Waals surface area contributed by atoms with E-state index < -0.39 is 0 Å². The zero-order valence-corrected chi connectivity index (χ0v) is 14.8. The number of halogens is 1. The lowest BCUT2D eigenvalue weighted by molar-refractivity contribution is 0.627. The van der Waals surface area contributed by atoms with Crippen molar-refractivity contribution in [1.82, 2.24) is 19.2 Å². The summed E-state index contributed by atoms with van der Waals surface area (Å²) in [6.07, 6.45) is 0. The molecule has 0 atom stereocenters. The fourth-order valence-electron chi connectivity index (χ4n) is 3.16. The van der Waals surface area contributed by atoms with E-state index in [2.05, 4.69) is 10.2 Å². The van der Waals surface area contributed by atoms with Crippen molar-refractivity contribution in [3.05, 3.63) is 70.0 Å². The van der Waals surface area contributed by atoms with Crippen LogP contribution >= 0.6 is 0 Å². The molecule has 0 unspecified atom stereocenters. The Morgan fingerprint density at radius 1 is 1.12 bits per heavy atom. The number of nitrogens with zero attached hydrogens (tertiary/aromatic N) is 5. The van der Waals surface area contributed by atoms with Crippen molar-refractivity contribution < 1.29 is 4.39 Å². The van der Waals surface area contributed by atoms with Gasteiger partial charge in [-0.25, -0.2) is 4.39 Å². The molecule has 0 N–H and O–H groups in total. The van der Waals surface area contributed by atoms with Crippen LogP contribution < -0.4 is 10.5 Å². The van der Waals surface area contributed by atoms with Gasteiger partial charge in [0.25, 0.3) is 5.56 Å². The highest BCUT2D eigenvalue weighted by Gasteiger charge is 2.16. The molecule has 0 aliphatic rings. The van der Waals surface area contributed by atoms with Gasteiger partial charge in [0.2, 0.25) is 5.78 Å². The molecular formula is C19H18FN5O. The average Bonchev–Trinajstić information content (AvgIpc) is 3.04. The highest BCUT2D eigenvalue weighted by Crippen LogP contribution is 2.19. The molecule has 132 valence electrons. The van der Waals surface area contributed by atoms with E-state index in [0.29, 0.717) is 23.5 Å². The maximum atomic E-state index is 13.1. The van der Waals surface area contributed by atoms with Crippen LogP contribution in [0, 0.1) is 12.7 Å². The Balaban J connectivity index is 1.87. The molecule has 0 aliphatic heterocycles. The highest BCUT2D eigenvalue weighted by atomic mass is 19.1. The van der Waals surface area contributed by atoms with Gasteiger partial charge in [0.1, 0.15) is 5.82 Å². The van der Waals surface area contributed by atoms with E-state index >= 15 is 0 Å². The van der Waals surface area contributed by atoms with Gasteiger partial charge >= 0.3 is 0 Å². The smallest absolute Gasteiger partial charge is 0.262 e. The molecule has 0 radical (unpaired) electrons. The molecule has 0 saturated carbocycles. The first-order valence-electron chi connectivity index (χ1n) is 8.26. The van der Waals surface area contributed by atoms with E-state index in [4.69, 9.17) is 0 Å². The van der Waals surface area contributed by atoms with Crippen LogP contribution in [-0.2, 0) is 13.6 Å². The van der Waals surface area contributed by atoms with E-state index in [0.717, 1.165) is 16.8 Å². The number of aryl methyl sites for hydroxylation is 2. The minimum absolute atomic E-state index is 0.0953. The molecule has 4 aromatic rings. The third-order valence-electron chi connectivity index (χ3n) is 4.59. The number of hydrogen-bond donors (Lipinski definition) is 0. The molecule has 0 aliphatic carbocycles. The van der Waals surface area contributed by atoms with E-state index in [9.17, 15) is 9.18 Å². The first-order chi connectivity index (χ1) is 12.5. The highest BCUT2D eigenvalue weighted by molar-refractivity contribution is 5.81. The summed E-state index contributed by atoms with van der Waals surface area (Å²) in [6.45, 7) is 2.42. The van der Waals surface area contributed by atoms with Gasteiger partial charge in [0.05, 0.1) is 17.4 Å². The predicted molar refractivity (Wildman–Crippen MR) is 99.0 cm³/mol. The Labute approximate surface area is 149 Å². The molecule has 0 bridgehead atoms. The van der Waals surface area contributed by atoms with Crippen molar-refractivity contribution >= 4 is 22.4 Å². The largest absolute Gasteiger partial charge is 0.367 e. The molecule has 26 heavy (non-hydrogen) atoms. The second kappa shape index (κ2) is 5.94. The molecule has 6 nitrogen and oxygen atoms in total. The van der Waals surface area contributed by atoms with Crippen molar-refractivity contribution in [2.75, 3.05) is 11.9 Å². The summed E-state index contributed by atoms with van der Waals surface area (Å²) in [4.78, 5) is 14.6. The summed E-state index contributed by atoms with van der Waals surface area (Å²) in [7, 11) is 3.60. The number of rotatable bonds is 3. The Bertz CT molecular complexity index is 1180. The minimum atomic E-state index is -0.272. The van der Waals surface area contributed by atoms with Crippen molar-refractivity contribution in [3.63, 3.8) is 0 Å². The zero-order valence-electron chi connectivity index (χ0n) is 14.8. The molecular weight excluding hydrogens is 333 g/mol. The van der Waals surface area contributed by atoms with Crippen LogP contribution in [0.3, 0.4) is 0 Å². The normalized spacial score (nSPS) is 11.4. The van der Waals surface area contributed by atoms with E-state index in [1.807, 2.05) is 41.5 Å². The average molecular weight is 351 g/mol. The number of aromatic nitrogens is 4. The topological polar surface area (TPSA) is 55.4 Å². The van der Waals surface area contributed by atoms with E-state index in [-0.39, 0.29) is 11.4 Å². The van der Waals surface area contributed by atoms with Crippen molar-refractivity contribution in [2.24, 2.45) is 7.05 Å². The van der Waals surface area contributed by atoms with Crippen LogP contribution in [0.2, 0.25) is 0 Å². The van der Waals surface area contributed by atoms with Gasteiger partial charge in [-0.2, -0.15) is 0 Å². The van der Waals surface area contributed by atoms with E-state index in [1.165, 1.54) is 16.7 Å². The number of benzene rings is 2. The lowest BCUT2D eigenvalue weighted by atomic mass is 10.1. The van der Waals surface area contributed by atoms with Gasteiger partial charge in [-0.05, 0) is 43.3 Å². The summed E-state index contributed by atoms with van der Waals surface area (Å²) >= 11 is 0. The lowest BCUT2D eigenvalue weighted by Gasteiger charge is -2.18. The number of fused-ring (bicyclic) bond motifs is 3. The molecule has 7 heteroatoms. The first kappa shape index (κ1) is 16.3. The van der Waals surface area contributed by atoms with Crippen LogP contribution in [0.15, 0.2) is 47.3 Å². The molecule has 0 fully saturated rings. The number of anilines is 1. The van der Waals surface area contributed by atoms with Gasteiger partial charge in [-0.15, -0.1) is 10.2 Å². The second-order valence-electron chi connectivity index (χ2n) is 6.47. The summed E-state index contributed by atoms with van der Waals surface area (Å²) in [5.74, 6) is 0.927. The zero-order chi connectivity index (χ0) is 18.4. The van der Waals surface area contributed by atoms with Crippen LogP contribution in [0.1, 0.15) is 11.4 Å². The minimum Gasteiger partial charge on any atom is -0.367 e. The van der Waals surface area contributed by atoms with Crippen LogP contribution in [0.5, 0.6) is 0 Å². The van der Waals surface area contributed by atoms with Gasteiger partial charge in [-0.3, -0.25) is 13.8 Å². The Kier molecular flexibility index (Phi) is 3.72. The molecule has 2 aromatic carbocycles. The SMILES string of the molecule is Cc1ccc2c(c1)c(=O)n(C)c1nnc(CN(C)c3ccc(F)cc3)n21. The van der Waals surface area contributed by atoms with Crippen LogP contribution in [-0.4, -0.2) is 26.2 Å². The van der Waals surface area contributed by atoms with Gasteiger partial charge in [0, 0.05) is 19.8 Å².